The fourth-order valence-electron chi connectivity index (χ4n) is 2.38. The van der Waals surface area contributed by atoms with Crippen molar-refractivity contribution in [3.05, 3.63) is 29.8 Å². The Balaban J connectivity index is 2.05. The molecule has 3 nitrogen and oxygen atoms in total. The van der Waals surface area contributed by atoms with Crippen LogP contribution in [0.2, 0.25) is 0 Å². The number of nitrogens with zero attached hydrogens (tertiary/aromatic N) is 2. The van der Waals surface area contributed by atoms with Crippen LogP contribution in [-0.2, 0) is 0 Å². The summed E-state index contributed by atoms with van der Waals surface area (Å²) >= 11 is 0. The van der Waals surface area contributed by atoms with Crippen molar-refractivity contribution >= 4 is 5.91 Å². The van der Waals surface area contributed by atoms with Gasteiger partial charge in [-0.1, -0.05) is 13.3 Å². The van der Waals surface area contributed by atoms with Crippen molar-refractivity contribution in [3.63, 3.8) is 0 Å². The lowest BCUT2D eigenvalue weighted by Crippen LogP contribution is -2.29. The molecule has 0 saturated carbocycles. The van der Waals surface area contributed by atoms with Crippen LogP contribution in [0.5, 0.6) is 0 Å². The van der Waals surface area contributed by atoms with E-state index in [4.69, 9.17) is 0 Å². The first-order valence-corrected chi connectivity index (χ1v) is 6.12. The maximum absolute atomic E-state index is 13.4. The summed E-state index contributed by atoms with van der Waals surface area (Å²) < 4.78 is 13.4. The smallest absolute Gasteiger partial charge is 0.258 e. The molecule has 2 heterocycles. The molecule has 1 unspecified atom stereocenters. The summed E-state index contributed by atoms with van der Waals surface area (Å²) in [5.41, 5.74) is 0.0876. The van der Waals surface area contributed by atoms with Gasteiger partial charge in [-0.25, -0.2) is 4.98 Å². The predicted molar refractivity (Wildman–Crippen MR) is 63.1 cm³/mol. The van der Waals surface area contributed by atoms with Crippen LogP contribution in [0, 0.1) is 11.9 Å². The van der Waals surface area contributed by atoms with Gasteiger partial charge in [0.25, 0.3) is 5.91 Å². The number of aromatic nitrogens is 1. The number of rotatable bonds is 3. The van der Waals surface area contributed by atoms with Gasteiger partial charge in [0.15, 0.2) is 0 Å². The molecular formula is C13H17FN2O. The fraction of sp³-hybridized carbons (Fsp3) is 0.538. The SMILES string of the molecule is CCCC1CCN(C(=O)c2cccnc2F)C1. The van der Waals surface area contributed by atoms with Gasteiger partial charge in [0, 0.05) is 19.3 Å². The van der Waals surface area contributed by atoms with E-state index in [1.807, 2.05) is 0 Å². The Hall–Kier alpha value is -1.45. The lowest BCUT2D eigenvalue weighted by atomic mass is 10.0. The van der Waals surface area contributed by atoms with E-state index in [-0.39, 0.29) is 11.5 Å². The highest BCUT2D eigenvalue weighted by atomic mass is 19.1. The molecule has 1 fully saturated rings. The Labute approximate surface area is 101 Å². The molecule has 0 aliphatic carbocycles. The van der Waals surface area contributed by atoms with Gasteiger partial charge in [0.05, 0.1) is 5.56 Å². The number of hydrogen-bond donors (Lipinski definition) is 0. The van der Waals surface area contributed by atoms with Gasteiger partial charge in [-0.05, 0) is 30.9 Å². The van der Waals surface area contributed by atoms with Gasteiger partial charge in [-0.3, -0.25) is 4.79 Å². The molecule has 1 aromatic rings. The molecule has 1 amide bonds. The van der Waals surface area contributed by atoms with Crippen LogP contribution in [0.15, 0.2) is 18.3 Å². The fourth-order valence-corrected chi connectivity index (χ4v) is 2.38. The van der Waals surface area contributed by atoms with E-state index >= 15 is 0 Å². The van der Waals surface area contributed by atoms with E-state index in [2.05, 4.69) is 11.9 Å². The van der Waals surface area contributed by atoms with Crippen molar-refractivity contribution in [1.82, 2.24) is 9.88 Å². The van der Waals surface area contributed by atoms with E-state index in [1.165, 1.54) is 12.3 Å². The van der Waals surface area contributed by atoms with Crippen molar-refractivity contribution in [1.29, 1.82) is 0 Å². The second-order valence-corrected chi connectivity index (χ2v) is 4.54. The molecule has 1 aromatic heterocycles. The van der Waals surface area contributed by atoms with E-state index in [0.717, 1.165) is 32.4 Å². The van der Waals surface area contributed by atoms with Crippen molar-refractivity contribution < 1.29 is 9.18 Å². The summed E-state index contributed by atoms with van der Waals surface area (Å²) in [6, 6.07) is 3.09. The van der Waals surface area contributed by atoms with Crippen LogP contribution in [0.25, 0.3) is 0 Å². The van der Waals surface area contributed by atoms with Gasteiger partial charge < -0.3 is 4.90 Å². The lowest BCUT2D eigenvalue weighted by Gasteiger charge is -2.16. The second-order valence-electron chi connectivity index (χ2n) is 4.54. The maximum Gasteiger partial charge on any atom is 0.258 e. The first-order valence-electron chi connectivity index (χ1n) is 6.12. The van der Waals surface area contributed by atoms with Crippen LogP contribution in [-0.4, -0.2) is 28.9 Å². The second kappa shape index (κ2) is 5.25. The highest BCUT2D eigenvalue weighted by Crippen LogP contribution is 2.22. The zero-order valence-electron chi connectivity index (χ0n) is 10.0. The van der Waals surface area contributed by atoms with E-state index in [9.17, 15) is 9.18 Å². The third-order valence-corrected chi connectivity index (χ3v) is 3.26. The first-order chi connectivity index (χ1) is 8.22. The summed E-state index contributed by atoms with van der Waals surface area (Å²) in [6.07, 6.45) is 4.66. The normalized spacial score (nSPS) is 19.6. The minimum absolute atomic E-state index is 0.0876. The highest BCUT2D eigenvalue weighted by molar-refractivity contribution is 5.94. The third kappa shape index (κ3) is 2.62. The molecule has 0 radical (unpaired) electrons. The molecule has 1 saturated heterocycles. The molecule has 17 heavy (non-hydrogen) atoms. The van der Waals surface area contributed by atoms with Gasteiger partial charge in [-0.15, -0.1) is 0 Å². The highest BCUT2D eigenvalue weighted by Gasteiger charge is 2.27. The zero-order valence-corrected chi connectivity index (χ0v) is 10.0. The molecular weight excluding hydrogens is 219 g/mol. The van der Waals surface area contributed by atoms with E-state index < -0.39 is 5.95 Å². The minimum atomic E-state index is -0.670. The standard InChI is InChI=1S/C13H17FN2O/c1-2-4-10-6-8-16(9-10)13(17)11-5-3-7-15-12(11)14/h3,5,7,10H,2,4,6,8-9H2,1H3. The summed E-state index contributed by atoms with van der Waals surface area (Å²) in [7, 11) is 0. The molecule has 0 spiro atoms. The number of pyridine rings is 1. The number of carbonyl (C=O) groups excluding carboxylic acids is 1. The maximum atomic E-state index is 13.4. The number of halogens is 1. The zero-order chi connectivity index (χ0) is 12.3. The molecule has 1 atom stereocenters. The lowest BCUT2D eigenvalue weighted by molar-refractivity contribution is 0.0781. The number of amides is 1. The van der Waals surface area contributed by atoms with Crippen molar-refractivity contribution in [3.8, 4) is 0 Å². The van der Waals surface area contributed by atoms with Crippen molar-refractivity contribution in [2.75, 3.05) is 13.1 Å². The Morgan fingerprint density at radius 3 is 3.18 bits per heavy atom. The van der Waals surface area contributed by atoms with Gasteiger partial charge in [0.1, 0.15) is 0 Å². The van der Waals surface area contributed by atoms with Gasteiger partial charge in [-0.2, -0.15) is 4.39 Å². The summed E-state index contributed by atoms with van der Waals surface area (Å²) in [5, 5.41) is 0. The molecule has 0 N–H and O–H groups in total. The Kier molecular flexibility index (Phi) is 3.71. The van der Waals surface area contributed by atoms with Crippen molar-refractivity contribution in [2.45, 2.75) is 26.2 Å². The summed E-state index contributed by atoms with van der Waals surface area (Å²) in [6.45, 7) is 3.63. The van der Waals surface area contributed by atoms with Gasteiger partial charge >= 0.3 is 0 Å². The van der Waals surface area contributed by atoms with Crippen LogP contribution in [0.3, 0.4) is 0 Å². The van der Waals surface area contributed by atoms with Gasteiger partial charge in [0.2, 0.25) is 5.95 Å². The topological polar surface area (TPSA) is 33.2 Å². The Bertz CT molecular complexity index is 408. The molecule has 2 rings (SSSR count). The minimum Gasteiger partial charge on any atom is -0.338 e. The van der Waals surface area contributed by atoms with E-state index in [0.29, 0.717) is 5.92 Å². The van der Waals surface area contributed by atoms with E-state index in [1.54, 1.807) is 11.0 Å². The Morgan fingerprint density at radius 2 is 2.47 bits per heavy atom. The molecule has 92 valence electrons. The largest absolute Gasteiger partial charge is 0.338 e. The molecule has 0 bridgehead atoms. The van der Waals surface area contributed by atoms with Crippen molar-refractivity contribution in [2.24, 2.45) is 5.92 Å². The molecule has 4 heteroatoms. The van der Waals surface area contributed by atoms with Crippen LogP contribution >= 0.6 is 0 Å². The number of hydrogen-bond acceptors (Lipinski definition) is 2. The molecule has 1 aliphatic rings. The Morgan fingerprint density at radius 1 is 1.65 bits per heavy atom. The summed E-state index contributed by atoms with van der Waals surface area (Å²) in [4.78, 5) is 17.3. The third-order valence-electron chi connectivity index (χ3n) is 3.26. The predicted octanol–water partition coefficient (Wildman–Crippen LogP) is 2.48. The quantitative estimate of drug-likeness (QED) is 0.755. The monoisotopic (exact) mass is 236 g/mol. The average molecular weight is 236 g/mol. The molecule has 0 aromatic carbocycles. The number of carbonyl (C=O) groups is 1. The van der Waals surface area contributed by atoms with Crippen LogP contribution < -0.4 is 0 Å². The summed E-state index contributed by atoms with van der Waals surface area (Å²) in [5.74, 6) is -0.325. The molecule has 1 aliphatic heterocycles. The van der Waals surface area contributed by atoms with Crippen LogP contribution in [0.4, 0.5) is 4.39 Å². The number of likely N-dealkylation sites (tertiary alicyclic amines) is 1. The first kappa shape index (κ1) is 12.0. The van der Waals surface area contributed by atoms with Crippen LogP contribution in [0.1, 0.15) is 36.5 Å². The average Bonchev–Trinajstić information content (AvgIpc) is 2.78.